The van der Waals surface area contributed by atoms with E-state index in [4.69, 9.17) is 10.5 Å². The standard InChI is InChI=1S/C23H27N7O2/c1-13-12-32-15(10-29(2)3)11-30(13)14-4-5-17-18(8-14)27-22(26-17)20-21(24)16-6-7-25-9-19(16)28-23(20)31/h4-9,13,15H,10-12H2,1-3H3,(H,26,27)(H3,24,28,31)/t13-,15+/m1/s1. The van der Waals surface area contributed by atoms with Gasteiger partial charge in [-0.3, -0.25) is 9.78 Å². The summed E-state index contributed by atoms with van der Waals surface area (Å²) in [4.78, 5) is 32.1. The van der Waals surface area contributed by atoms with Gasteiger partial charge in [0.15, 0.2) is 0 Å². The van der Waals surface area contributed by atoms with E-state index in [2.05, 4.69) is 62.9 Å². The summed E-state index contributed by atoms with van der Waals surface area (Å²) in [5, 5.41) is 0.741. The number of hydrogen-bond acceptors (Lipinski definition) is 7. The summed E-state index contributed by atoms with van der Waals surface area (Å²) in [5.74, 6) is 0.454. The number of H-pyrrole nitrogens is 2. The van der Waals surface area contributed by atoms with Gasteiger partial charge in [0.2, 0.25) is 0 Å². The number of rotatable bonds is 4. The van der Waals surface area contributed by atoms with Gasteiger partial charge >= 0.3 is 0 Å². The lowest BCUT2D eigenvalue weighted by molar-refractivity contribution is 0.00880. The smallest absolute Gasteiger partial charge is 0.261 e. The number of fused-ring (bicyclic) bond motifs is 2. The van der Waals surface area contributed by atoms with Crippen LogP contribution < -0.4 is 16.2 Å². The quantitative estimate of drug-likeness (QED) is 0.452. The SMILES string of the molecule is C[C@@H]1CO[C@@H](CN(C)C)CN1c1ccc2nc(-c3c(N)c4ccncc4[nH]c3=O)[nH]c2c1. The first-order chi connectivity index (χ1) is 15.4. The maximum Gasteiger partial charge on any atom is 0.261 e. The number of nitrogens with zero attached hydrogens (tertiary/aromatic N) is 4. The fraction of sp³-hybridized carbons (Fsp3) is 0.348. The van der Waals surface area contributed by atoms with Crippen LogP contribution in [0.4, 0.5) is 11.4 Å². The number of ether oxygens (including phenoxy) is 1. The maximum absolute atomic E-state index is 12.8. The second kappa shape index (κ2) is 7.92. The number of morpholine rings is 1. The fourth-order valence-corrected chi connectivity index (χ4v) is 4.40. The lowest BCUT2D eigenvalue weighted by Crippen LogP contribution is -2.51. The summed E-state index contributed by atoms with van der Waals surface area (Å²) in [5.41, 5.74) is 10.1. The Kier molecular flexibility index (Phi) is 5.07. The molecule has 0 unspecified atom stereocenters. The molecule has 9 heteroatoms. The molecule has 4 N–H and O–H groups in total. The van der Waals surface area contributed by atoms with Crippen LogP contribution in [-0.4, -0.2) is 70.8 Å². The highest BCUT2D eigenvalue weighted by molar-refractivity contribution is 5.97. The van der Waals surface area contributed by atoms with Crippen LogP contribution >= 0.6 is 0 Å². The number of hydrogen-bond donors (Lipinski definition) is 3. The molecule has 2 atom stereocenters. The third-order valence-electron chi connectivity index (χ3n) is 5.96. The van der Waals surface area contributed by atoms with E-state index in [9.17, 15) is 4.79 Å². The van der Waals surface area contributed by atoms with Crippen molar-refractivity contribution in [3.63, 3.8) is 0 Å². The Morgan fingerprint density at radius 2 is 2.09 bits per heavy atom. The van der Waals surface area contributed by atoms with Crippen LogP contribution in [0.3, 0.4) is 0 Å². The van der Waals surface area contributed by atoms with Crippen LogP contribution in [0.2, 0.25) is 0 Å². The van der Waals surface area contributed by atoms with E-state index in [1.165, 1.54) is 0 Å². The van der Waals surface area contributed by atoms with Gasteiger partial charge in [-0.2, -0.15) is 0 Å². The van der Waals surface area contributed by atoms with Gasteiger partial charge in [0.1, 0.15) is 11.4 Å². The fourth-order valence-electron chi connectivity index (χ4n) is 4.40. The van der Waals surface area contributed by atoms with Crippen molar-refractivity contribution in [1.29, 1.82) is 0 Å². The molecule has 0 aliphatic carbocycles. The number of benzene rings is 1. The Morgan fingerprint density at radius 1 is 1.25 bits per heavy atom. The molecule has 1 aromatic carbocycles. The highest BCUT2D eigenvalue weighted by Crippen LogP contribution is 2.30. The topological polar surface area (TPSA) is 116 Å². The highest BCUT2D eigenvalue weighted by atomic mass is 16.5. The molecule has 4 aromatic rings. The number of imidazole rings is 1. The van der Waals surface area contributed by atoms with Crippen LogP contribution in [0.25, 0.3) is 33.3 Å². The van der Waals surface area contributed by atoms with Crippen molar-refractivity contribution in [2.24, 2.45) is 0 Å². The number of aromatic nitrogens is 4. The Bertz CT molecular complexity index is 1340. The summed E-state index contributed by atoms with van der Waals surface area (Å²) in [7, 11) is 4.11. The van der Waals surface area contributed by atoms with Crippen LogP contribution in [0.15, 0.2) is 41.5 Å². The Hall–Kier alpha value is -3.43. The van der Waals surface area contributed by atoms with E-state index < -0.39 is 0 Å². The average Bonchev–Trinajstić information content (AvgIpc) is 3.17. The normalized spacial score (nSPS) is 19.3. The van der Waals surface area contributed by atoms with Crippen LogP contribution in [0, 0.1) is 0 Å². The number of nitrogens with two attached hydrogens (primary N) is 1. The van der Waals surface area contributed by atoms with E-state index >= 15 is 0 Å². The van der Waals surface area contributed by atoms with Crippen molar-refractivity contribution in [2.45, 2.75) is 19.1 Å². The monoisotopic (exact) mass is 433 g/mol. The van der Waals surface area contributed by atoms with Crippen molar-refractivity contribution < 1.29 is 4.74 Å². The van der Waals surface area contributed by atoms with Gasteiger partial charge in [0.05, 0.1) is 41.1 Å². The Morgan fingerprint density at radius 3 is 2.91 bits per heavy atom. The zero-order chi connectivity index (χ0) is 22.4. The first-order valence-electron chi connectivity index (χ1n) is 10.7. The van der Waals surface area contributed by atoms with Crippen LogP contribution in [0.1, 0.15) is 6.92 Å². The molecule has 0 saturated carbocycles. The summed E-state index contributed by atoms with van der Waals surface area (Å²) in [6, 6.07) is 8.18. The van der Waals surface area contributed by atoms with E-state index in [1.807, 2.05) is 6.07 Å². The Labute approximate surface area is 185 Å². The molecule has 0 spiro atoms. The first-order valence-corrected chi connectivity index (χ1v) is 10.7. The predicted octanol–water partition coefficient (Wildman–Crippen LogP) is 2.20. The van der Waals surface area contributed by atoms with Gasteiger partial charge in [0, 0.05) is 36.4 Å². The number of nitrogens with one attached hydrogen (secondary N) is 2. The summed E-state index contributed by atoms with van der Waals surface area (Å²) in [6.07, 6.45) is 3.40. The molecule has 1 aliphatic rings. The second-order valence-electron chi connectivity index (χ2n) is 8.67. The van der Waals surface area contributed by atoms with Crippen LogP contribution in [-0.2, 0) is 4.74 Å². The maximum atomic E-state index is 12.8. The molecule has 9 nitrogen and oxygen atoms in total. The number of nitrogen functional groups attached to an aromatic ring is 1. The molecule has 0 radical (unpaired) electrons. The minimum atomic E-state index is -0.296. The molecule has 166 valence electrons. The first kappa shape index (κ1) is 20.5. The van der Waals surface area contributed by atoms with Crippen molar-refractivity contribution in [1.82, 2.24) is 24.8 Å². The van der Waals surface area contributed by atoms with Crippen molar-refractivity contribution in [3.05, 3.63) is 47.0 Å². The molecule has 32 heavy (non-hydrogen) atoms. The third kappa shape index (κ3) is 3.59. The number of likely N-dealkylation sites (N-methyl/N-ethyl adjacent to an activating group) is 1. The number of anilines is 2. The summed E-state index contributed by atoms with van der Waals surface area (Å²) in [6.45, 7) is 4.54. The van der Waals surface area contributed by atoms with Gasteiger partial charge < -0.3 is 30.2 Å². The Balaban J connectivity index is 1.53. The molecule has 0 bridgehead atoms. The van der Waals surface area contributed by atoms with E-state index in [0.29, 0.717) is 29.2 Å². The number of aromatic amines is 2. The van der Waals surface area contributed by atoms with E-state index in [1.54, 1.807) is 18.5 Å². The van der Waals surface area contributed by atoms with Crippen molar-refractivity contribution in [2.75, 3.05) is 44.4 Å². The molecule has 1 saturated heterocycles. The summed E-state index contributed by atoms with van der Waals surface area (Å²) >= 11 is 0. The van der Waals surface area contributed by atoms with Gasteiger partial charge in [-0.05, 0) is 45.3 Å². The lowest BCUT2D eigenvalue weighted by Gasteiger charge is -2.40. The third-order valence-corrected chi connectivity index (χ3v) is 5.96. The molecule has 5 rings (SSSR count). The average molecular weight is 434 g/mol. The van der Waals surface area contributed by atoms with Crippen molar-refractivity contribution >= 4 is 33.3 Å². The van der Waals surface area contributed by atoms with Gasteiger partial charge in [0.25, 0.3) is 5.56 Å². The summed E-state index contributed by atoms with van der Waals surface area (Å²) < 4.78 is 6.00. The minimum Gasteiger partial charge on any atom is -0.397 e. The van der Waals surface area contributed by atoms with Crippen LogP contribution in [0.5, 0.6) is 0 Å². The second-order valence-corrected chi connectivity index (χ2v) is 8.67. The van der Waals surface area contributed by atoms with Gasteiger partial charge in [-0.15, -0.1) is 0 Å². The van der Waals surface area contributed by atoms with Gasteiger partial charge in [-0.25, -0.2) is 4.98 Å². The molecule has 3 aromatic heterocycles. The molecule has 1 aliphatic heterocycles. The zero-order valence-electron chi connectivity index (χ0n) is 18.4. The number of pyridine rings is 2. The van der Waals surface area contributed by atoms with E-state index in [-0.39, 0.29) is 17.7 Å². The zero-order valence-corrected chi connectivity index (χ0v) is 18.4. The van der Waals surface area contributed by atoms with Gasteiger partial charge in [-0.1, -0.05) is 0 Å². The minimum absolute atomic E-state index is 0.152. The van der Waals surface area contributed by atoms with E-state index in [0.717, 1.165) is 35.2 Å². The molecule has 0 amide bonds. The molecular formula is C23H27N7O2. The largest absolute Gasteiger partial charge is 0.397 e. The predicted molar refractivity (Wildman–Crippen MR) is 127 cm³/mol. The molecule has 4 heterocycles. The highest BCUT2D eigenvalue weighted by Gasteiger charge is 2.27. The molecule has 1 fully saturated rings. The van der Waals surface area contributed by atoms with Crippen molar-refractivity contribution in [3.8, 4) is 11.4 Å². The lowest BCUT2D eigenvalue weighted by atomic mass is 10.1. The molecular weight excluding hydrogens is 406 g/mol.